The molecular weight excluding hydrogens is 329 g/mol. The number of thiophene rings is 1. The van der Waals surface area contributed by atoms with Crippen LogP contribution in [0.2, 0.25) is 0 Å². The number of hydrogen-bond donors (Lipinski definition) is 0. The number of carbonyl (C=O) groups is 1. The fourth-order valence-electron chi connectivity index (χ4n) is 2.03. The van der Waals surface area contributed by atoms with Crippen molar-refractivity contribution in [2.24, 2.45) is 0 Å². The van der Waals surface area contributed by atoms with Gasteiger partial charge in [-0.3, -0.25) is 4.79 Å². The molecule has 0 saturated heterocycles. The molecule has 0 unspecified atom stereocenters. The molecule has 0 N–H and O–H groups in total. The lowest BCUT2D eigenvalue weighted by Gasteiger charge is -2.04. The number of hydrogen-bond acceptors (Lipinski definition) is 2. The van der Waals surface area contributed by atoms with Crippen molar-refractivity contribution < 1.29 is 9.18 Å². The maximum Gasteiger partial charge on any atom is 0.193 e. The van der Waals surface area contributed by atoms with Gasteiger partial charge in [-0.1, -0.05) is 0 Å². The highest BCUT2D eigenvalue weighted by Crippen LogP contribution is 2.24. The Balaban J connectivity index is 1.94. The fraction of sp³-hybridized carbons (Fsp3) is 0.0714. The van der Waals surface area contributed by atoms with Crippen molar-refractivity contribution in [3.8, 4) is 0 Å². The summed E-state index contributed by atoms with van der Waals surface area (Å²) in [5, 5.41) is 2.68. The van der Waals surface area contributed by atoms with Gasteiger partial charge in [0.1, 0.15) is 5.82 Å². The van der Waals surface area contributed by atoms with Crippen LogP contribution in [0, 0.1) is 5.82 Å². The Kier molecular flexibility index (Phi) is 3.24. The van der Waals surface area contributed by atoms with Crippen molar-refractivity contribution in [2.75, 3.05) is 0 Å². The largest absolute Gasteiger partial charge is 0.340 e. The predicted octanol–water partition coefficient (Wildman–Crippen LogP) is 4.49. The predicted molar refractivity (Wildman–Crippen MR) is 78.2 cm³/mol. The Labute approximate surface area is 121 Å². The fourth-order valence-corrected chi connectivity index (χ4v) is 3.55. The first-order valence-corrected chi connectivity index (χ1v) is 7.33. The van der Waals surface area contributed by atoms with Crippen molar-refractivity contribution in [2.45, 2.75) is 6.54 Å². The molecule has 3 aromatic rings. The molecule has 0 spiro atoms. The minimum absolute atomic E-state index is 0.0451. The summed E-state index contributed by atoms with van der Waals surface area (Å²) in [5.74, 6) is -0.221. The van der Waals surface area contributed by atoms with E-state index in [-0.39, 0.29) is 18.1 Å². The Bertz CT molecular complexity index is 762. The normalized spacial score (nSPS) is 11.1. The quantitative estimate of drug-likeness (QED) is 0.645. The lowest BCUT2D eigenvalue weighted by atomic mass is 10.2. The minimum Gasteiger partial charge on any atom is -0.340 e. The molecule has 19 heavy (non-hydrogen) atoms. The van der Waals surface area contributed by atoms with Crippen molar-refractivity contribution in [1.29, 1.82) is 0 Å². The van der Waals surface area contributed by atoms with Gasteiger partial charge in [-0.15, -0.1) is 11.3 Å². The van der Waals surface area contributed by atoms with Crippen molar-refractivity contribution in [3.63, 3.8) is 0 Å². The van der Waals surface area contributed by atoms with Crippen LogP contribution in [0.1, 0.15) is 9.67 Å². The Morgan fingerprint density at radius 3 is 2.89 bits per heavy atom. The molecule has 96 valence electrons. The van der Waals surface area contributed by atoms with E-state index < -0.39 is 0 Å². The van der Waals surface area contributed by atoms with Crippen LogP contribution in [0.4, 0.5) is 4.39 Å². The highest BCUT2D eigenvalue weighted by molar-refractivity contribution is 9.10. The van der Waals surface area contributed by atoms with Crippen molar-refractivity contribution in [3.05, 3.63) is 57.1 Å². The number of carbonyl (C=O) groups excluding carboxylic acids is 1. The number of halogens is 2. The van der Waals surface area contributed by atoms with Crippen molar-refractivity contribution >= 4 is 44.0 Å². The third-order valence-corrected chi connectivity index (χ3v) is 4.80. The smallest absolute Gasteiger partial charge is 0.193 e. The maximum atomic E-state index is 13.1. The average molecular weight is 338 g/mol. The number of Topliss-reactive ketones (excluding diaryl/α,β-unsaturated/α-hetero) is 1. The molecule has 0 aliphatic heterocycles. The Morgan fingerprint density at radius 1 is 1.32 bits per heavy atom. The summed E-state index contributed by atoms with van der Waals surface area (Å²) >= 11 is 4.78. The summed E-state index contributed by atoms with van der Waals surface area (Å²) in [6, 6.07) is 8.25. The summed E-state index contributed by atoms with van der Waals surface area (Å²) < 4.78 is 15.8. The van der Waals surface area contributed by atoms with E-state index in [0.29, 0.717) is 4.88 Å². The molecule has 1 aromatic carbocycles. The molecule has 0 saturated carbocycles. The first-order valence-electron chi connectivity index (χ1n) is 5.66. The monoisotopic (exact) mass is 337 g/mol. The summed E-state index contributed by atoms with van der Waals surface area (Å²) in [6.07, 6.45) is 1.81. The van der Waals surface area contributed by atoms with E-state index in [4.69, 9.17) is 0 Å². The Hall–Kier alpha value is -1.46. The highest BCUT2D eigenvalue weighted by Gasteiger charge is 2.13. The van der Waals surface area contributed by atoms with Crippen LogP contribution in [0.5, 0.6) is 0 Å². The second kappa shape index (κ2) is 4.90. The van der Waals surface area contributed by atoms with Crippen LogP contribution in [0.25, 0.3) is 10.9 Å². The number of rotatable bonds is 3. The molecule has 0 aliphatic carbocycles. The zero-order valence-electron chi connectivity index (χ0n) is 9.77. The summed E-state index contributed by atoms with van der Waals surface area (Å²) in [7, 11) is 0. The van der Waals surface area contributed by atoms with E-state index in [1.54, 1.807) is 6.07 Å². The third-order valence-electron chi connectivity index (χ3n) is 2.92. The van der Waals surface area contributed by atoms with Gasteiger partial charge in [0.15, 0.2) is 5.78 Å². The van der Waals surface area contributed by atoms with Crippen LogP contribution in [-0.2, 0) is 6.54 Å². The second-order valence-corrected chi connectivity index (χ2v) is 5.94. The van der Waals surface area contributed by atoms with E-state index in [2.05, 4.69) is 15.9 Å². The van der Waals surface area contributed by atoms with Crippen LogP contribution >= 0.6 is 27.3 Å². The molecule has 2 aromatic heterocycles. The number of aromatic nitrogens is 1. The number of fused-ring (bicyclic) bond motifs is 1. The summed E-state index contributed by atoms with van der Waals surface area (Å²) in [6.45, 7) is 0.258. The van der Waals surface area contributed by atoms with E-state index in [0.717, 1.165) is 15.4 Å². The standard InChI is InChI=1S/C14H9BrFNOS/c15-11-4-6-19-14(11)13(18)8-17-5-3-9-7-10(16)1-2-12(9)17/h1-7H,8H2. The van der Waals surface area contributed by atoms with Gasteiger partial charge in [-0.2, -0.15) is 0 Å². The number of nitrogens with zero attached hydrogens (tertiary/aromatic N) is 1. The molecule has 0 aliphatic rings. The molecule has 0 bridgehead atoms. The van der Waals surface area contributed by atoms with Gasteiger partial charge in [0.05, 0.1) is 11.4 Å². The lowest BCUT2D eigenvalue weighted by molar-refractivity contribution is 0.0977. The highest BCUT2D eigenvalue weighted by atomic mass is 79.9. The molecule has 0 atom stereocenters. The molecule has 2 heterocycles. The molecule has 2 nitrogen and oxygen atoms in total. The maximum absolute atomic E-state index is 13.1. The molecular formula is C14H9BrFNOS. The first kappa shape index (κ1) is 12.6. The van der Waals surface area contributed by atoms with Gasteiger partial charge < -0.3 is 4.57 Å². The van der Waals surface area contributed by atoms with Gasteiger partial charge in [-0.05, 0) is 51.6 Å². The molecule has 0 radical (unpaired) electrons. The first-order chi connectivity index (χ1) is 9.15. The third kappa shape index (κ3) is 2.35. The molecule has 3 rings (SSSR count). The zero-order chi connectivity index (χ0) is 13.4. The van der Waals surface area contributed by atoms with Crippen LogP contribution in [-0.4, -0.2) is 10.4 Å². The van der Waals surface area contributed by atoms with E-state index in [9.17, 15) is 9.18 Å². The lowest BCUT2D eigenvalue weighted by Crippen LogP contribution is -2.08. The molecule has 0 fully saturated rings. The number of ketones is 1. The minimum atomic E-state index is -0.266. The second-order valence-electron chi connectivity index (χ2n) is 4.17. The van der Waals surface area contributed by atoms with E-state index in [1.807, 2.05) is 28.3 Å². The van der Waals surface area contributed by atoms with Gasteiger partial charge in [-0.25, -0.2) is 4.39 Å². The molecule has 0 amide bonds. The topological polar surface area (TPSA) is 22.0 Å². The SMILES string of the molecule is O=C(Cn1ccc2cc(F)ccc21)c1sccc1Br. The van der Waals surface area contributed by atoms with Gasteiger partial charge in [0.25, 0.3) is 0 Å². The molecule has 5 heteroatoms. The van der Waals surface area contributed by atoms with Gasteiger partial charge in [0, 0.05) is 21.6 Å². The van der Waals surface area contributed by atoms with Gasteiger partial charge >= 0.3 is 0 Å². The van der Waals surface area contributed by atoms with E-state index in [1.165, 1.54) is 23.5 Å². The number of benzene rings is 1. The summed E-state index contributed by atoms with van der Waals surface area (Å²) in [4.78, 5) is 12.9. The average Bonchev–Trinajstić information content (AvgIpc) is 2.96. The van der Waals surface area contributed by atoms with Crippen LogP contribution < -0.4 is 0 Å². The van der Waals surface area contributed by atoms with E-state index >= 15 is 0 Å². The van der Waals surface area contributed by atoms with Crippen LogP contribution in [0.15, 0.2) is 46.4 Å². The van der Waals surface area contributed by atoms with Crippen molar-refractivity contribution in [1.82, 2.24) is 4.57 Å². The Morgan fingerprint density at radius 2 is 2.16 bits per heavy atom. The van der Waals surface area contributed by atoms with Crippen LogP contribution in [0.3, 0.4) is 0 Å². The zero-order valence-corrected chi connectivity index (χ0v) is 12.2. The van der Waals surface area contributed by atoms with Gasteiger partial charge in [0.2, 0.25) is 0 Å². The summed E-state index contributed by atoms with van der Waals surface area (Å²) in [5.41, 5.74) is 0.863.